The first-order chi connectivity index (χ1) is 10.5. The number of rotatable bonds is 3. The van der Waals surface area contributed by atoms with Crippen molar-refractivity contribution in [1.82, 2.24) is 14.5 Å². The van der Waals surface area contributed by atoms with Crippen molar-refractivity contribution in [2.45, 2.75) is 31.2 Å². The molecular weight excluding hydrogens is 334 g/mol. The molecule has 2 saturated heterocycles. The Balaban J connectivity index is 0.00000192. The highest BCUT2D eigenvalue weighted by atomic mass is 35.5. The zero-order valence-corrected chi connectivity index (χ0v) is 15.4. The molecule has 1 N–H and O–H groups in total. The molecule has 0 aliphatic carbocycles. The summed E-state index contributed by atoms with van der Waals surface area (Å²) in [5.41, 5.74) is 2.15. The molecule has 5 nitrogen and oxygen atoms in total. The topological polar surface area (TPSA) is 52.7 Å². The Bertz CT molecular complexity index is 637. The molecule has 2 heterocycles. The summed E-state index contributed by atoms with van der Waals surface area (Å²) in [4.78, 5) is 2.85. The van der Waals surface area contributed by atoms with Crippen LogP contribution in [-0.2, 0) is 10.0 Å². The molecule has 130 valence electrons. The number of piperazine rings is 1. The molecule has 1 unspecified atom stereocenters. The lowest BCUT2D eigenvalue weighted by molar-refractivity contribution is 0.145. The second kappa shape index (κ2) is 7.49. The van der Waals surface area contributed by atoms with Gasteiger partial charge in [0.25, 0.3) is 0 Å². The van der Waals surface area contributed by atoms with Crippen LogP contribution >= 0.6 is 12.4 Å². The summed E-state index contributed by atoms with van der Waals surface area (Å²) < 4.78 is 27.2. The predicted octanol–water partition coefficient (Wildman–Crippen LogP) is 1.39. The minimum atomic E-state index is -3.36. The molecule has 0 bridgehead atoms. The first-order valence-electron chi connectivity index (χ1n) is 8.00. The van der Waals surface area contributed by atoms with E-state index in [9.17, 15) is 8.42 Å². The average Bonchev–Trinajstić information content (AvgIpc) is 3.04. The van der Waals surface area contributed by atoms with Crippen LogP contribution in [0.1, 0.15) is 17.5 Å². The van der Waals surface area contributed by atoms with Crippen LogP contribution in [0.5, 0.6) is 0 Å². The molecule has 0 saturated carbocycles. The van der Waals surface area contributed by atoms with E-state index in [1.165, 1.54) is 6.42 Å². The summed E-state index contributed by atoms with van der Waals surface area (Å²) in [6.07, 6.45) is 1.17. The molecule has 0 amide bonds. The third-order valence-electron chi connectivity index (χ3n) is 4.94. The van der Waals surface area contributed by atoms with E-state index in [1.807, 2.05) is 19.9 Å². The van der Waals surface area contributed by atoms with Crippen LogP contribution in [-0.4, -0.2) is 62.9 Å². The van der Waals surface area contributed by atoms with E-state index in [-0.39, 0.29) is 12.4 Å². The largest absolute Gasteiger partial charge is 0.315 e. The number of halogens is 1. The molecule has 7 heteroatoms. The zero-order valence-electron chi connectivity index (χ0n) is 13.8. The van der Waals surface area contributed by atoms with Gasteiger partial charge in [0.2, 0.25) is 10.0 Å². The number of aryl methyl sites for hydroxylation is 2. The van der Waals surface area contributed by atoms with E-state index in [2.05, 4.69) is 10.2 Å². The predicted molar refractivity (Wildman–Crippen MR) is 94.8 cm³/mol. The van der Waals surface area contributed by atoms with E-state index < -0.39 is 10.0 Å². The van der Waals surface area contributed by atoms with Gasteiger partial charge in [0.1, 0.15) is 0 Å². The van der Waals surface area contributed by atoms with Crippen molar-refractivity contribution in [3.8, 4) is 0 Å². The maximum absolute atomic E-state index is 12.8. The van der Waals surface area contributed by atoms with Crippen molar-refractivity contribution >= 4 is 22.4 Å². The minimum Gasteiger partial charge on any atom is -0.315 e. The maximum atomic E-state index is 12.8. The summed E-state index contributed by atoms with van der Waals surface area (Å²) in [6.45, 7) is 8.90. The Morgan fingerprint density at radius 1 is 1.09 bits per heavy atom. The number of hydrogen-bond acceptors (Lipinski definition) is 4. The summed E-state index contributed by atoms with van der Waals surface area (Å²) in [7, 11) is -3.36. The molecule has 2 fully saturated rings. The number of nitrogens with one attached hydrogen (secondary N) is 1. The monoisotopic (exact) mass is 359 g/mol. The SMILES string of the molecule is Cc1ccc(S(=O)(=O)N2CCN(C3CCNC3)CC2)cc1C.Cl. The molecule has 0 aromatic heterocycles. The Kier molecular flexibility index (Phi) is 6.08. The van der Waals surface area contributed by atoms with Crippen molar-refractivity contribution in [1.29, 1.82) is 0 Å². The summed E-state index contributed by atoms with van der Waals surface area (Å²) in [5, 5.41) is 3.37. The lowest BCUT2D eigenvalue weighted by Crippen LogP contribution is -2.52. The fourth-order valence-corrected chi connectivity index (χ4v) is 4.79. The molecule has 1 aromatic rings. The first-order valence-corrected chi connectivity index (χ1v) is 9.44. The van der Waals surface area contributed by atoms with E-state index in [0.29, 0.717) is 24.0 Å². The van der Waals surface area contributed by atoms with Gasteiger partial charge in [-0.3, -0.25) is 4.90 Å². The number of benzene rings is 1. The van der Waals surface area contributed by atoms with E-state index >= 15 is 0 Å². The molecule has 1 atom stereocenters. The first kappa shape index (κ1) is 18.7. The van der Waals surface area contributed by atoms with Crippen molar-refractivity contribution in [3.63, 3.8) is 0 Å². The normalized spacial score (nSPS) is 23.7. The molecule has 1 aromatic carbocycles. The lowest BCUT2D eigenvalue weighted by atomic mass is 10.1. The summed E-state index contributed by atoms with van der Waals surface area (Å²) in [5.74, 6) is 0. The summed E-state index contributed by atoms with van der Waals surface area (Å²) in [6, 6.07) is 5.98. The smallest absolute Gasteiger partial charge is 0.243 e. The van der Waals surface area contributed by atoms with Gasteiger partial charge in [0.15, 0.2) is 0 Å². The Morgan fingerprint density at radius 3 is 2.35 bits per heavy atom. The third-order valence-corrected chi connectivity index (χ3v) is 6.83. The number of hydrogen-bond donors (Lipinski definition) is 1. The second-order valence-corrected chi connectivity index (χ2v) is 8.27. The molecule has 3 rings (SSSR count). The van der Waals surface area contributed by atoms with Gasteiger partial charge in [-0.1, -0.05) is 6.07 Å². The average molecular weight is 360 g/mol. The van der Waals surface area contributed by atoms with Crippen LogP contribution in [0.2, 0.25) is 0 Å². The van der Waals surface area contributed by atoms with Gasteiger partial charge in [-0.25, -0.2) is 8.42 Å². The van der Waals surface area contributed by atoms with Crippen LogP contribution in [0.15, 0.2) is 23.1 Å². The van der Waals surface area contributed by atoms with Gasteiger partial charge < -0.3 is 5.32 Å². The fourth-order valence-electron chi connectivity index (χ4n) is 3.28. The second-order valence-electron chi connectivity index (χ2n) is 6.33. The zero-order chi connectivity index (χ0) is 15.7. The van der Waals surface area contributed by atoms with Crippen molar-refractivity contribution in [2.24, 2.45) is 0 Å². The quantitative estimate of drug-likeness (QED) is 0.886. The third kappa shape index (κ3) is 3.88. The van der Waals surface area contributed by atoms with Crippen LogP contribution in [0.4, 0.5) is 0 Å². The Labute approximate surface area is 145 Å². The number of sulfonamides is 1. The number of nitrogens with zero attached hydrogens (tertiary/aromatic N) is 2. The van der Waals surface area contributed by atoms with Crippen LogP contribution < -0.4 is 5.32 Å². The van der Waals surface area contributed by atoms with Crippen LogP contribution in [0, 0.1) is 13.8 Å². The highest BCUT2D eigenvalue weighted by Crippen LogP contribution is 2.21. The maximum Gasteiger partial charge on any atom is 0.243 e. The van der Waals surface area contributed by atoms with E-state index in [4.69, 9.17) is 0 Å². The van der Waals surface area contributed by atoms with Gasteiger partial charge in [0.05, 0.1) is 4.90 Å². The standard InChI is InChI=1S/C16H25N3O2S.ClH/c1-13-3-4-16(11-14(13)2)22(20,21)19-9-7-18(8-10-19)15-5-6-17-12-15;/h3-4,11,15,17H,5-10,12H2,1-2H3;1H. The van der Waals surface area contributed by atoms with Gasteiger partial charge in [-0.2, -0.15) is 4.31 Å². The molecular formula is C16H26ClN3O2S. The van der Waals surface area contributed by atoms with Crippen molar-refractivity contribution in [2.75, 3.05) is 39.3 Å². The molecule has 0 radical (unpaired) electrons. The van der Waals surface area contributed by atoms with E-state index in [1.54, 1.807) is 16.4 Å². The minimum absolute atomic E-state index is 0. The van der Waals surface area contributed by atoms with Crippen molar-refractivity contribution < 1.29 is 8.42 Å². The van der Waals surface area contributed by atoms with Gasteiger partial charge in [-0.05, 0) is 50.1 Å². The summed E-state index contributed by atoms with van der Waals surface area (Å²) >= 11 is 0. The Hall–Kier alpha value is -0.660. The van der Waals surface area contributed by atoms with Crippen molar-refractivity contribution in [3.05, 3.63) is 29.3 Å². The molecule has 0 spiro atoms. The highest BCUT2D eigenvalue weighted by Gasteiger charge is 2.31. The lowest BCUT2D eigenvalue weighted by Gasteiger charge is -2.37. The van der Waals surface area contributed by atoms with Crippen LogP contribution in [0.3, 0.4) is 0 Å². The Morgan fingerprint density at radius 2 is 1.78 bits per heavy atom. The van der Waals surface area contributed by atoms with Gasteiger partial charge >= 0.3 is 0 Å². The fraction of sp³-hybridized carbons (Fsp3) is 0.625. The van der Waals surface area contributed by atoms with Gasteiger partial charge in [-0.15, -0.1) is 12.4 Å². The van der Waals surface area contributed by atoms with Gasteiger partial charge in [0, 0.05) is 38.8 Å². The van der Waals surface area contributed by atoms with E-state index in [0.717, 1.165) is 37.3 Å². The molecule has 2 aliphatic rings. The molecule has 2 aliphatic heterocycles. The molecule has 23 heavy (non-hydrogen) atoms. The van der Waals surface area contributed by atoms with Crippen LogP contribution in [0.25, 0.3) is 0 Å². The highest BCUT2D eigenvalue weighted by molar-refractivity contribution is 7.89.